The molecule has 0 heterocycles. The second kappa shape index (κ2) is 62.0. The van der Waals surface area contributed by atoms with E-state index in [0.29, 0.717) is 23.9 Å². The monoisotopic (exact) mass is 1150 g/mol. The number of allylic oxidation sites excluding steroid dienone is 4. The molecule has 0 aliphatic heterocycles. The highest BCUT2D eigenvalue weighted by Crippen LogP contribution is 2.43. The van der Waals surface area contributed by atoms with Crippen molar-refractivity contribution in [1.29, 1.82) is 0 Å². The van der Waals surface area contributed by atoms with Gasteiger partial charge in [-0.2, -0.15) is 0 Å². The number of ether oxygens (including phenoxy) is 2. The standard InChI is InChI=1S/C70H136NO8P/c1-6-8-10-12-14-16-18-20-22-24-26-27-28-29-30-31-32-33-34-35-36-37-38-39-40-41-42-43-44-45-47-48-50-52-54-56-58-60-62-69(72)76-66-68(67-78-80(74,75)77-65-64-71(3,4)5)79-70(73)63-61-59-57-55-53-51-49-46-25-23-21-19-17-15-13-11-9-7-2/h17,19,23,25,68H,6-16,18,20-22,24,26-67H2,1-5H3/p+1/b19-17-,25-23-. The fourth-order valence-corrected chi connectivity index (χ4v) is 11.3. The van der Waals surface area contributed by atoms with E-state index in [1.165, 1.54) is 276 Å². The maximum absolute atomic E-state index is 12.8. The van der Waals surface area contributed by atoms with Gasteiger partial charge in [0, 0.05) is 12.8 Å². The average molecular weight is 1150 g/mol. The van der Waals surface area contributed by atoms with Crippen LogP contribution in [0.1, 0.15) is 361 Å². The van der Waals surface area contributed by atoms with Crippen LogP contribution in [0.3, 0.4) is 0 Å². The minimum atomic E-state index is -4.39. The van der Waals surface area contributed by atoms with Gasteiger partial charge in [0.15, 0.2) is 6.10 Å². The molecule has 0 aliphatic rings. The summed E-state index contributed by atoms with van der Waals surface area (Å²) in [6.45, 7) is 4.47. The molecule has 0 aliphatic carbocycles. The smallest absolute Gasteiger partial charge is 0.462 e. The predicted molar refractivity (Wildman–Crippen MR) is 344 cm³/mol. The summed E-state index contributed by atoms with van der Waals surface area (Å²) in [6, 6.07) is 0. The molecule has 0 spiro atoms. The van der Waals surface area contributed by atoms with E-state index in [1.807, 2.05) is 21.1 Å². The Morgan fingerprint density at radius 1 is 0.388 bits per heavy atom. The number of carbonyl (C=O) groups is 2. The molecule has 10 heteroatoms. The van der Waals surface area contributed by atoms with Gasteiger partial charge in [-0.3, -0.25) is 18.6 Å². The summed E-state index contributed by atoms with van der Waals surface area (Å²) in [6.07, 6.45) is 77.4. The number of quaternary nitrogens is 1. The van der Waals surface area contributed by atoms with Crippen molar-refractivity contribution in [3.05, 3.63) is 24.3 Å². The molecule has 0 rings (SSSR count). The number of nitrogens with zero attached hydrogens (tertiary/aromatic N) is 1. The molecule has 0 saturated carbocycles. The Balaban J connectivity index is 3.88. The number of rotatable bonds is 66. The van der Waals surface area contributed by atoms with Gasteiger partial charge in [0.25, 0.3) is 0 Å². The van der Waals surface area contributed by atoms with E-state index in [9.17, 15) is 19.0 Å². The number of unbranched alkanes of at least 4 members (excludes halogenated alkanes) is 48. The third kappa shape index (κ3) is 65.6. The number of likely N-dealkylation sites (N-methyl/N-ethyl adjacent to an activating group) is 1. The molecule has 0 saturated heterocycles. The molecule has 0 aromatic rings. The first-order valence-corrected chi connectivity index (χ1v) is 36.6. The van der Waals surface area contributed by atoms with Gasteiger partial charge in [-0.25, -0.2) is 4.57 Å². The van der Waals surface area contributed by atoms with Crippen molar-refractivity contribution in [2.45, 2.75) is 367 Å². The van der Waals surface area contributed by atoms with Crippen molar-refractivity contribution < 1.29 is 42.1 Å². The molecular formula is C70H137NO8P+. The van der Waals surface area contributed by atoms with Crippen LogP contribution in [-0.4, -0.2) is 74.9 Å². The first-order valence-electron chi connectivity index (χ1n) is 35.1. The van der Waals surface area contributed by atoms with Crippen LogP contribution in [0.2, 0.25) is 0 Å². The maximum atomic E-state index is 12.8. The topological polar surface area (TPSA) is 108 Å². The molecule has 80 heavy (non-hydrogen) atoms. The number of hydrogen-bond acceptors (Lipinski definition) is 7. The number of hydrogen-bond donors (Lipinski definition) is 1. The minimum Gasteiger partial charge on any atom is -0.462 e. The first kappa shape index (κ1) is 78.5. The van der Waals surface area contributed by atoms with Crippen LogP contribution in [0, 0.1) is 0 Å². The van der Waals surface area contributed by atoms with Crippen molar-refractivity contribution in [3.63, 3.8) is 0 Å². The molecule has 0 radical (unpaired) electrons. The Labute approximate surface area is 498 Å². The Kier molecular flexibility index (Phi) is 60.9. The average Bonchev–Trinajstić information content (AvgIpc) is 3.42. The highest BCUT2D eigenvalue weighted by atomic mass is 31.2. The quantitative estimate of drug-likeness (QED) is 0.0211. The van der Waals surface area contributed by atoms with Crippen molar-refractivity contribution in [2.24, 2.45) is 0 Å². The van der Waals surface area contributed by atoms with Gasteiger partial charge in [-0.15, -0.1) is 0 Å². The first-order chi connectivity index (χ1) is 39.0. The molecule has 474 valence electrons. The van der Waals surface area contributed by atoms with Crippen LogP contribution in [-0.2, 0) is 32.7 Å². The lowest BCUT2D eigenvalue weighted by Crippen LogP contribution is -2.37. The van der Waals surface area contributed by atoms with E-state index in [4.69, 9.17) is 18.5 Å². The molecule has 2 atom stereocenters. The summed E-state index contributed by atoms with van der Waals surface area (Å²) in [5.74, 6) is -0.788. The van der Waals surface area contributed by atoms with Gasteiger partial charge in [0.05, 0.1) is 27.7 Å². The van der Waals surface area contributed by atoms with Crippen LogP contribution in [0.5, 0.6) is 0 Å². The summed E-state index contributed by atoms with van der Waals surface area (Å²) < 4.78 is 34.7. The van der Waals surface area contributed by atoms with Gasteiger partial charge in [-0.1, -0.05) is 327 Å². The van der Waals surface area contributed by atoms with Gasteiger partial charge in [0.1, 0.15) is 19.8 Å². The van der Waals surface area contributed by atoms with Gasteiger partial charge in [0.2, 0.25) is 0 Å². The summed E-state index contributed by atoms with van der Waals surface area (Å²) in [5.41, 5.74) is 0. The fraction of sp³-hybridized carbons (Fsp3) is 0.914. The Hall–Kier alpha value is -1.51. The van der Waals surface area contributed by atoms with Crippen LogP contribution < -0.4 is 0 Å². The van der Waals surface area contributed by atoms with E-state index in [-0.39, 0.29) is 25.6 Å². The third-order valence-electron chi connectivity index (χ3n) is 16.0. The summed E-state index contributed by atoms with van der Waals surface area (Å²) >= 11 is 0. The van der Waals surface area contributed by atoms with Crippen LogP contribution >= 0.6 is 7.82 Å². The molecule has 2 unspecified atom stereocenters. The molecule has 0 aromatic heterocycles. The summed E-state index contributed by atoms with van der Waals surface area (Å²) in [7, 11) is 1.49. The number of carbonyl (C=O) groups excluding carboxylic acids is 2. The lowest BCUT2D eigenvalue weighted by atomic mass is 10.0. The molecule has 0 amide bonds. The number of esters is 2. The predicted octanol–water partition coefficient (Wildman–Crippen LogP) is 22.5. The fourth-order valence-electron chi connectivity index (χ4n) is 10.6. The Morgan fingerprint density at radius 2 is 0.675 bits per heavy atom. The lowest BCUT2D eigenvalue weighted by Gasteiger charge is -2.24. The molecule has 0 fully saturated rings. The normalized spacial score (nSPS) is 13.2. The third-order valence-corrected chi connectivity index (χ3v) is 17.0. The molecule has 1 N–H and O–H groups in total. The zero-order chi connectivity index (χ0) is 58.4. The van der Waals surface area contributed by atoms with Crippen LogP contribution in [0.15, 0.2) is 24.3 Å². The Bertz CT molecular complexity index is 1400. The van der Waals surface area contributed by atoms with E-state index >= 15 is 0 Å². The summed E-state index contributed by atoms with van der Waals surface area (Å²) in [4.78, 5) is 35.8. The Morgan fingerprint density at radius 3 is 1.00 bits per heavy atom. The van der Waals surface area contributed by atoms with Gasteiger partial charge in [-0.05, 0) is 44.9 Å². The second-order valence-corrected chi connectivity index (χ2v) is 26.7. The highest BCUT2D eigenvalue weighted by Gasteiger charge is 2.27. The van der Waals surface area contributed by atoms with Crippen LogP contribution in [0.4, 0.5) is 0 Å². The second-order valence-electron chi connectivity index (χ2n) is 25.3. The number of phosphoric acid groups is 1. The van der Waals surface area contributed by atoms with Crippen molar-refractivity contribution in [3.8, 4) is 0 Å². The largest absolute Gasteiger partial charge is 0.472 e. The SMILES string of the molecule is CCCCCC/C=C\C/C=C\CCCCCCCCCC(=O)OC(COC(=O)CCCCCCCCCCCCCCCCCCCCCCCCCCCCCCCCCCCCCCCC)COP(=O)(O)OCC[N+](C)(C)C. The molecular weight excluding hydrogens is 1010 g/mol. The molecule has 0 aromatic carbocycles. The lowest BCUT2D eigenvalue weighted by molar-refractivity contribution is -0.870. The van der Waals surface area contributed by atoms with Gasteiger partial charge >= 0.3 is 19.8 Å². The highest BCUT2D eigenvalue weighted by molar-refractivity contribution is 7.47. The molecule has 9 nitrogen and oxygen atoms in total. The van der Waals surface area contributed by atoms with E-state index in [1.54, 1.807) is 0 Å². The van der Waals surface area contributed by atoms with E-state index in [2.05, 4.69) is 38.2 Å². The van der Waals surface area contributed by atoms with Crippen LogP contribution in [0.25, 0.3) is 0 Å². The molecule has 0 bridgehead atoms. The zero-order valence-corrected chi connectivity index (χ0v) is 55.0. The zero-order valence-electron chi connectivity index (χ0n) is 54.1. The van der Waals surface area contributed by atoms with Gasteiger partial charge < -0.3 is 18.9 Å². The minimum absolute atomic E-state index is 0.0325. The van der Waals surface area contributed by atoms with Crippen molar-refractivity contribution >= 4 is 19.8 Å². The van der Waals surface area contributed by atoms with E-state index < -0.39 is 26.5 Å². The maximum Gasteiger partial charge on any atom is 0.472 e. The van der Waals surface area contributed by atoms with Crippen molar-refractivity contribution in [1.82, 2.24) is 0 Å². The van der Waals surface area contributed by atoms with E-state index in [0.717, 1.165) is 51.4 Å². The number of phosphoric ester groups is 1. The summed E-state index contributed by atoms with van der Waals surface area (Å²) in [5, 5.41) is 0. The van der Waals surface area contributed by atoms with Crippen molar-refractivity contribution in [2.75, 3.05) is 47.5 Å².